The van der Waals surface area contributed by atoms with Gasteiger partial charge in [-0.25, -0.2) is 4.39 Å². The molecule has 0 spiro atoms. The Kier molecular flexibility index (Phi) is 9.29. The molecule has 1 aromatic rings. The number of ether oxygens (including phenoxy) is 2. The number of aliphatic imine (C=N–C) groups is 1. The van der Waals surface area contributed by atoms with E-state index in [4.69, 9.17) is 9.47 Å². The molecular weight excluding hydrogens is 321 g/mol. The van der Waals surface area contributed by atoms with Crippen molar-refractivity contribution in [1.29, 1.82) is 0 Å². The van der Waals surface area contributed by atoms with E-state index in [0.717, 1.165) is 57.2 Å². The molecule has 0 aliphatic carbocycles. The van der Waals surface area contributed by atoms with Crippen LogP contribution in [0, 0.1) is 5.82 Å². The van der Waals surface area contributed by atoms with Crippen LogP contribution >= 0.6 is 0 Å². The third-order valence-electron chi connectivity index (χ3n) is 4.08. The van der Waals surface area contributed by atoms with Gasteiger partial charge in [-0.2, -0.15) is 0 Å². The van der Waals surface area contributed by atoms with Gasteiger partial charge in [-0.3, -0.25) is 4.99 Å². The molecule has 2 N–H and O–H groups in total. The zero-order valence-electron chi connectivity index (χ0n) is 15.1. The van der Waals surface area contributed by atoms with Crippen LogP contribution < -0.4 is 10.6 Å². The van der Waals surface area contributed by atoms with E-state index in [-0.39, 0.29) is 5.82 Å². The van der Waals surface area contributed by atoms with Crippen LogP contribution in [0.2, 0.25) is 0 Å². The lowest BCUT2D eigenvalue weighted by molar-refractivity contribution is -0.0318. The number of benzene rings is 1. The SMILES string of the molecule is CCNC(=NCCCOC1CCOCC1)NCCc1ccccc1F. The number of guanidine groups is 1. The fourth-order valence-corrected chi connectivity index (χ4v) is 2.71. The summed E-state index contributed by atoms with van der Waals surface area (Å²) in [4.78, 5) is 4.55. The largest absolute Gasteiger partial charge is 0.381 e. The molecular formula is C19H30FN3O2. The molecule has 0 bridgehead atoms. The molecule has 25 heavy (non-hydrogen) atoms. The monoisotopic (exact) mass is 351 g/mol. The van der Waals surface area contributed by atoms with E-state index in [2.05, 4.69) is 15.6 Å². The van der Waals surface area contributed by atoms with E-state index in [9.17, 15) is 4.39 Å². The first-order valence-electron chi connectivity index (χ1n) is 9.24. The first-order valence-corrected chi connectivity index (χ1v) is 9.24. The first-order chi connectivity index (χ1) is 12.3. The molecule has 0 radical (unpaired) electrons. The normalized spacial score (nSPS) is 16.0. The molecule has 1 aromatic carbocycles. The fraction of sp³-hybridized carbons (Fsp3) is 0.632. The van der Waals surface area contributed by atoms with E-state index >= 15 is 0 Å². The van der Waals surface area contributed by atoms with Gasteiger partial charge >= 0.3 is 0 Å². The zero-order valence-corrected chi connectivity index (χ0v) is 15.1. The van der Waals surface area contributed by atoms with Gasteiger partial charge in [0.2, 0.25) is 0 Å². The van der Waals surface area contributed by atoms with Crippen molar-refractivity contribution < 1.29 is 13.9 Å². The Balaban J connectivity index is 1.64. The average Bonchev–Trinajstić information content (AvgIpc) is 2.64. The van der Waals surface area contributed by atoms with Crippen molar-refractivity contribution in [3.05, 3.63) is 35.6 Å². The molecule has 1 fully saturated rings. The number of nitrogens with one attached hydrogen (secondary N) is 2. The molecule has 1 saturated heterocycles. The van der Waals surface area contributed by atoms with Crippen LogP contribution in [0.15, 0.2) is 29.3 Å². The van der Waals surface area contributed by atoms with Gasteiger partial charge in [0.05, 0.1) is 6.10 Å². The number of hydrogen-bond donors (Lipinski definition) is 2. The summed E-state index contributed by atoms with van der Waals surface area (Å²) in [6.07, 6.45) is 3.84. The van der Waals surface area contributed by atoms with Crippen molar-refractivity contribution in [3.8, 4) is 0 Å². The molecule has 140 valence electrons. The van der Waals surface area contributed by atoms with Crippen molar-refractivity contribution in [3.63, 3.8) is 0 Å². The van der Waals surface area contributed by atoms with Crippen LogP contribution in [-0.4, -0.2) is 51.5 Å². The standard InChI is InChI=1S/C19H30FN3O2/c1-2-21-19(23-12-8-16-6-3-4-7-18(16)20)22-11-5-13-25-17-9-14-24-15-10-17/h3-4,6-7,17H,2,5,8-15H2,1H3,(H2,21,22,23). The van der Waals surface area contributed by atoms with E-state index in [1.54, 1.807) is 6.07 Å². The van der Waals surface area contributed by atoms with E-state index in [1.807, 2.05) is 19.1 Å². The van der Waals surface area contributed by atoms with Crippen molar-refractivity contribution in [2.45, 2.75) is 38.7 Å². The van der Waals surface area contributed by atoms with Crippen LogP contribution in [0.5, 0.6) is 0 Å². The summed E-state index contributed by atoms with van der Waals surface area (Å²) in [6.45, 7) is 6.51. The lowest BCUT2D eigenvalue weighted by Crippen LogP contribution is -2.38. The Hall–Kier alpha value is -1.66. The van der Waals surface area contributed by atoms with Crippen molar-refractivity contribution in [2.75, 3.05) is 39.5 Å². The molecule has 0 saturated carbocycles. The Bertz CT molecular complexity index is 519. The van der Waals surface area contributed by atoms with Crippen LogP contribution in [-0.2, 0) is 15.9 Å². The number of hydrogen-bond acceptors (Lipinski definition) is 3. The van der Waals surface area contributed by atoms with Crippen LogP contribution in [0.4, 0.5) is 4.39 Å². The molecule has 0 unspecified atom stereocenters. The molecule has 0 aromatic heterocycles. The highest BCUT2D eigenvalue weighted by molar-refractivity contribution is 5.79. The molecule has 1 heterocycles. The lowest BCUT2D eigenvalue weighted by Gasteiger charge is -2.22. The van der Waals surface area contributed by atoms with Gasteiger partial charge in [-0.15, -0.1) is 0 Å². The van der Waals surface area contributed by atoms with Gasteiger partial charge in [0.15, 0.2) is 5.96 Å². The number of halogens is 1. The minimum absolute atomic E-state index is 0.156. The predicted molar refractivity (Wildman–Crippen MR) is 98.5 cm³/mol. The third kappa shape index (κ3) is 7.84. The van der Waals surface area contributed by atoms with Gasteiger partial charge in [-0.05, 0) is 44.2 Å². The van der Waals surface area contributed by atoms with E-state index in [0.29, 0.717) is 25.6 Å². The molecule has 0 amide bonds. The summed E-state index contributed by atoms with van der Waals surface area (Å²) in [7, 11) is 0. The van der Waals surface area contributed by atoms with Gasteiger partial charge < -0.3 is 20.1 Å². The predicted octanol–water partition coefficient (Wildman–Crippen LogP) is 2.51. The van der Waals surface area contributed by atoms with Gasteiger partial charge in [0.1, 0.15) is 5.82 Å². The summed E-state index contributed by atoms with van der Waals surface area (Å²) in [5.41, 5.74) is 0.718. The van der Waals surface area contributed by atoms with Gasteiger partial charge in [0, 0.05) is 39.5 Å². The van der Waals surface area contributed by atoms with Crippen molar-refractivity contribution in [1.82, 2.24) is 10.6 Å². The highest BCUT2D eigenvalue weighted by Crippen LogP contribution is 2.10. The Morgan fingerprint density at radius 3 is 2.84 bits per heavy atom. The minimum Gasteiger partial charge on any atom is -0.381 e. The second kappa shape index (κ2) is 11.8. The molecule has 6 heteroatoms. The molecule has 1 aliphatic heterocycles. The van der Waals surface area contributed by atoms with Crippen LogP contribution in [0.25, 0.3) is 0 Å². The van der Waals surface area contributed by atoms with Crippen molar-refractivity contribution in [2.24, 2.45) is 4.99 Å². The quantitative estimate of drug-likeness (QED) is 0.408. The van der Waals surface area contributed by atoms with Gasteiger partial charge in [-0.1, -0.05) is 18.2 Å². The second-order valence-corrected chi connectivity index (χ2v) is 6.06. The average molecular weight is 351 g/mol. The lowest BCUT2D eigenvalue weighted by atomic mass is 10.1. The number of nitrogens with zero attached hydrogens (tertiary/aromatic N) is 1. The Labute approximate surface area is 150 Å². The first kappa shape index (κ1) is 19.7. The highest BCUT2D eigenvalue weighted by atomic mass is 19.1. The Morgan fingerprint density at radius 1 is 1.28 bits per heavy atom. The molecule has 1 aliphatic rings. The summed E-state index contributed by atoms with van der Waals surface area (Å²) in [6, 6.07) is 6.87. The van der Waals surface area contributed by atoms with Crippen molar-refractivity contribution >= 4 is 5.96 Å². The smallest absolute Gasteiger partial charge is 0.191 e. The van der Waals surface area contributed by atoms with E-state index < -0.39 is 0 Å². The summed E-state index contributed by atoms with van der Waals surface area (Å²) < 4.78 is 24.8. The fourth-order valence-electron chi connectivity index (χ4n) is 2.71. The van der Waals surface area contributed by atoms with Crippen LogP contribution in [0.3, 0.4) is 0 Å². The second-order valence-electron chi connectivity index (χ2n) is 6.06. The minimum atomic E-state index is -0.156. The Morgan fingerprint density at radius 2 is 2.08 bits per heavy atom. The topological polar surface area (TPSA) is 54.9 Å². The van der Waals surface area contributed by atoms with E-state index in [1.165, 1.54) is 6.07 Å². The third-order valence-corrected chi connectivity index (χ3v) is 4.08. The van der Waals surface area contributed by atoms with Crippen LogP contribution in [0.1, 0.15) is 31.7 Å². The molecule has 2 rings (SSSR count). The summed E-state index contributed by atoms with van der Waals surface area (Å²) in [5, 5.41) is 6.46. The maximum absolute atomic E-state index is 13.6. The zero-order chi connectivity index (χ0) is 17.7. The maximum atomic E-state index is 13.6. The summed E-state index contributed by atoms with van der Waals surface area (Å²) in [5.74, 6) is 0.612. The van der Waals surface area contributed by atoms with Gasteiger partial charge in [0.25, 0.3) is 0 Å². The summed E-state index contributed by atoms with van der Waals surface area (Å²) >= 11 is 0. The molecule has 0 atom stereocenters. The highest BCUT2D eigenvalue weighted by Gasteiger charge is 2.13. The molecule has 5 nitrogen and oxygen atoms in total. The number of rotatable bonds is 9. The maximum Gasteiger partial charge on any atom is 0.191 e.